The third kappa shape index (κ3) is 4.43. The van der Waals surface area contributed by atoms with Crippen LogP contribution in [0.25, 0.3) is 0 Å². The number of ether oxygens (including phenoxy) is 1. The standard InChI is InChI=1S/C19H24N2O5S/c1-27-17-9-8-14(11-16(17)21(24)25)19(23)26-12-18(22)20-10-4-6-13-5-2-3-7-15(13)20/h8-9,11,13,15H,2-7,10,12H2,1H3/t13-,15+/m0/s1. The molecular formula is C19H24N2O5S. The molecule has 3 rings (SSSR count). The zero-order valence-corrected chi connectivity index (χ0v) is 16.2. The second-order valence-electron chi connectivity index (χ2n) is 7.06. The molecule has 27 heavy (non-hydrogen) atoms. The van der Waals surface area contributed by atoms with E-state index in [2.05, 4.69) is 0 Å². The van der Waals surface area contributed by atoms with Crippen molar-refractivity contribution in [2.24, 2.45) is 5.92 Å². The van der Waals surface area contributed by atoms with Gasteiger partial charge in [0, 0.05) is 18.7 Å². The lowest BCUT2D eigenvalue weighted by molar-refractivity contribution is -0.387. The molecule has 1 aromatic carbocycles. The zero-order chi connectivity index (χ0) is 19.4. The van der Waals surface area contributed by atoms with Crippen LogP contribution in [-0.2, 0) is 9.53 Å². The van der Waals surface area contributed by atoms with Crippen LogP contribution in [0.3, 0.4) is 0 Å². The molecule has 0 aromatic heterocycles. The number of piperidine rings is 1. The molecule has 7 nitrogen and oxygen atoms in total. The number of hydrogen-bond acceptors (Lipinski definition) is 6. The first-order chi connectivity index (χ1) is 13.0. The van der Waals surface area contributed by atoms with Crippen LogP contribution in [-0.4, -0.2) is 47.1 Å². The molecule has 0 N–H and O–H groups in total. The highest BCUT2D eigenvalue weighted by Crippen LogP contribution is 2.35. The maximum Gasteiger partial charge on any atom is 0.338 e. The van der Waals surface area contributed by atoms with Gasteiger partial charge in [-0.25, -0.2) is 4.79 Å². The lowest BCUT2D eigenvalue weighted by Gasteiger charge is -2.44. The summed E-state index contributed by atoms with van der Waals surface area (Å²) in [5.41, 5.74) is -0.0501. The van der Waals surface area contributed by atoms with Gasteiger partial charge in [-0.3, -0.25) is 14.9 Å². The van der Waals surface area contributed by atoms with Gasteiger partial charge in [0.15, 0.2) is 6.61 Å². The van der Waals surface area contributed by atoms with Crippen molar-refractivity contribution in [3.63, 3.8) is 0 Å². The van der Waals surface area contributed by atoms with Crippen molar-refractivity contribution in [1.29, 1.82) is 0 Å². The number of carbonyl (C=O) groups excluding carboxylic acids is 2. The normalized spacial score (nSPS) is 22.0. The molecule has 0 unspecified atom stereocenters. The second-order valence-corrected chi connectivity index (χ2v) is 7.91. The molecule has 0 bridgehead atoms. The first kappa shape index (κ1) is 19.7. The van der Waals surface area contributed by atoms with Gasteiger partial charge in [-0.2, -0.15) is 0 Å². The topological polar surface area (TPSA) is 89.8 Å². The number of hydrogen-bond donors (Lipinski definition) is 0. The van der Waals surface area contributed by atoms with E-state index in [-0.39, 0.29) is 29.8 Å². The van der Waals surface area contributed by atoms with Crippen LogP contribution in [0.15, 0.2) is 23.1 Å². The number of benzene rings is 1. The molecule has 1 aliphatic carbocycles. The van der Waals surface area contributed by atoms with Crippen LogP contribution in [0.2, 0.25) is 0 Å². The first-order valence-electron chi connectivity index (χ1n) is 9.30. The highest BCUT2D eigenvalue weighted by Gasteiger charge is 2.35. The van der Waals surface area contributed by atoms with Gasteiger partial charge in [-0.15, -0.1) is 11.8 Å². The highest BCUT2D eigenvalue weighted by atomic mass is 32.2. The maximum atomic E-state index is 12.6. The first-order valence-corrected chi connectivity index (χ1v) is 10.5. The minimum Gasteiger partial charge on any atom is -0.452 e. The average molecular weight is 392 g/mol. The van der Waals surface area contributed by atoms with Gasteiger partial charge in [0.2, 0.25) is 0 Å². The third-order valence-corrected chi connectivity index (χ3v) is 6.29. The SMILES string of the molecule is CSc1ccc(C(=O)OCC(=O)N2CCC[C@@H]3CCCC[C@H]32)cc1[N+](=O)[O-]. The molecule has 146 valence electrons. The summed E-state index contributed by atoms with van der Waals surface area (Å²) in [6, 6.07) is 4.49. The Hall–Kier alpha value is -2.09. The van der Waals surface area contributed by atoms with E-state index < -0.39 is 10.9 Å². The van der Waals surface area contributed by atoms with Gasteiger partial charge in [-0.05, 0) is 50.0 Å². The monoisotopic (exact) mass is 392 g/mol. The fourth-order valence-corrected chi connectivity index (χ4v) is 4.73. The number of carbonyl (C=O) groups is 2. The number of esters is 1. The van der Waals surface area contributed by atoms with Crippen molar-refractivity contribution < 1.29 is 19.2 Å². The van der Waals surface area contributed by atoms with E-state index >= 15 is 0 Å². The Morgan fingerprint density at radius 1 is 1.26 bits per heavy atom. The number of amides is 1. The summed E-state index contributed by atoms with van der Waals surface area (Å²) in [6.45, 7) is 0.394. The number of nitro benzene ring substituents is 1. The largest absolute Gasteiger partial charge is 0.452 e. The van der Waals surface area contributed by atoms with E-state index in [0.29, 0.717) is 17.4 Å². The minimum absolute atomic E-state index is 0.0847. The molecule has 2 fully saturated rings. The Kier molecular flexibility index (Phi) is 6.36. The molecule has 1 aromatic rings. The molecule has 1 saturated heterocycles. The number of nitrogens with zero attached hydrogens (tertiary/aromatic N) is 2. The fraction of sp³-hybridized carbons (Fsp3) is 0.579. The van der Waals surface area contributed by atoms with E-state index in [4.69, 9.17) is 4.74 Å². The predicted molar refractivity (Wildman–Crippen MR) is 102 cm³/mol. The van der Waals surface area contributed by atoms with E-state index in [1.54, 1.807) is 6.26 Å². The molecule has 0 spiro atoms. The highest BCUT2D eigenvalue weighted by molar-refractivity contribution is 7.98. The van der Waals surface area contributed by atoms with Gasteiger partial charge in [0.05, 0.1) is 15.4 Å². The molecule has 2 aliphatic rings. The Labute approximate surface area is 162 Å². The fourth-order valence-electron chi connectivity index (χ4n) is 4.19. The molecular weight excluding hydrogens is 368 g/mol. The van der Waals surface area contributed by atoms with E-state index in [1.165, 1.54) is 49.2 Å². The van der Waals surface area contributed by atoms with Crippen LogP contribution in [0, 0.1) is 16.0 Å². The molecule has 2 atom stereocenters. The second kappa shape index (κ2) is 8.73. The summed E-state index contributed by atoms with van der Waals surface area (Å²) in [7, 11) is 0. The quantitative estimate of drug-likeness (QED) is 0.329. The summed E-state index contributed by atoms with van der Waals surface area (Å²) >= 11 is 1.24. The Morgan fingerprint density at radius 3 is 2.74 bits per heavy atom. The smallest absolute Gasteiger partial charge is 0.338 e. The van der Waals surface area contributed by atoms with Crippen LogP contribution in [0.1, 0.15) is 48.9 Å². The number of thioether (sulfide) groups is 1. The molecule has 8 heteroatoms. The average Bonchev–Trinajstić information content (AvgIpc) is 2.70. The van der Waals surface area contributed by atoms with Gasteiger partial charge < -0.3 is 9.64 Å². The molecule has 1 heterocycles. The molecule has 1 aliphatic heterocycles. The lowest BCUT2D eigenvalue weighted by atomic mass is 9.78. The van der Waals surface area contributed by atoms with Gasteiger partial charge in [0.1, 0.15) is 0 Å². The van der Waals surface area contributed by atoms with Crippen molar-refractivity contribution in [1.82, 2.24) is 4.90 Å². The van der Waals surface area contributed by atoms with E-state index in [1.807, 2.05) is 4.90 Å². The number of rotatable bonds is 5. The predicted octanol–water partition coefficient (Wildman–Crippen LogP) is 3.65. The van der Waals surface area contributed by atoms with E-state index in [9.17, 15) is 19.7 Å². The molecule has 0 radical (unpaired) electrons. The Bertz CT molecular complexity index is 737. The van der Waals surface area contributed by atoms with Gasteiger partial charge >= 0.3 is 5.97 Å². The summed E-state index contributed by atoms with van der Waals surface area (Å²) in [6.07, 6.45) is 8.44. The van der Waals surface area contributed by atoms with Gasteiger partial charge in [0.25, 0.3) is 11.6 Å². The van der Waals surface area contributed by atoms with Crippen molar-refractivity contribution >= 4 is 29.3 Å². The molecule has 1 amide bonds. The van der Waals surface area contributed by atoms with Crippen LogP contribution in [0.5, 0.6) is 0 Å². The van der Waals surface area contributed by atoms with Crippen molar-refractivity contribution in [3.05, 3.63) is 33.9 Å². The summed E-state index contributed by atoms with van der Waals surface area (Å²) < 4.78 is 5.17. The van der Waals surface area contributed by atoms with Crippen LogP contribution >= 0.6 is 11.8 Å². The Balaban J connectivity index is 1.62. The lowest BCUT2D eigenvalue weighted by Crippen LogP contribution is -2.50. The number of fused-ring (bicyclic) bond motifs is 1. The number of nitro groups is 1. The zero-order valence-electron chi connectivity index (χ0n) is 15.4. The summed E-state index contributed by atoms with van der Waals surface area (Å²) in [5.74, 6) is -0.319. The third-order valence-electron chi connectivity index (χ3n) is 5.50. The van der Waals surface area contributed by atoms with Crippen molar-refractivity contribution in [2.45, 2.75) is 49.5 Å². The van der Waals surface area contributed by atoms with Crippen LogP contribution < -0.4 is 0 Å². The summed E-state index contributed by atoms with van der Waals surface area (Å²) in [5, 5.41) is 11.1. The minimum atomic E-state index is -0.712. The summed E-state index contributed by atoms with van der Waals surface area (Å²) in [4.78, 5) is 37.8. The van der Waals surface area contributed by atoms with Gasteiger partial charge in [-0.1, -0.05) is 12.8 Å². The van der Waals surface area contributed by atoms with Crippen LogP contribution in [0.4, 0.5) is 5.69 Å². The van der Waals surface area contributed by atoms with Crippen molar-refractivity contribution in [3.8, 4) is 0 Å². The number of likely N-dealkylation sites (tertiary alicyclic amines) is 1. The Morgan fingerprint density at radius 2 is 2.00 bits per heavy atom. The molecule has 1 saturated carbocycles. The van der Waals surface area contributed by atoms with E-state index in [0.717, 1.165) is 19.3 Å². The van der Waals surface area contributed by atoms with Crippen molar-refractivity contribution in [2.75, 3.05) is 19.4 Å². The maximum absolute atomic E-state index is 12.6.